The van der Waals surface area contributed by atoms with E-state index in [1.54, 1.807) is 36.4 Å². The minimum atomic E-state index is -0.329. The van der Waals surface area contributed by atoms with Crippen LogP contribution in [-0.4, -0.2) is 40.3 Å². The van der Waals surface area contributed by atoms with Crippen LogP contribution in [0.2, 0.25) is 0 Å². The number of carbonyl (C=O) groups is 2. The van der Waals surface area contributed by atoms with Crippen LogP contribution in [0.1, 0.15) is 15.9 Å². The maximum atomic E-state index is 12.5. The smallest absolute Gasteiger partial charge is 0.309 e. The van der Waals surface area contributed by atoms with Crippen molar-refractivity contribution in [3.63, 3.8) is 0 Å². The molecule has 2 aromatic rings. The van der Waals surface area contributed by atoms with Gasteiger partial charge in [0.25, 0.3) is 5.91 Å². The Morgan fingerprint density at radius 1 is 0.885 bits per heavy atom. The Kier molecular flexibility index (Phi) is 6.43. The molecule has 1 amide bonds. The Hall–Kier alpha value is -3.22. The molecule has 0 heterocycles. The molecule has 2 aromatic carbocycles. The summed E-state index contributed by atoms with van der Waals surface area (Å²) in [5, 5.41) is 2.79. The van der Waals surface area contributed by atoms with Crippen LogP contribution < -0.4 is 19.5 Å². The summed E-state index contributed by atoms with van der Waals surface area (Å²) in [7, 11) is 5.81. The molecule has 0 bridgehead atoms. The van der Waals surface area contributed by atoms with Crippen molar-refractivity contribution < 1.29 is 28.5 Å². The van der Waals surface area contributed by atoms with Gasteiger partial charge in [0.1, 0.15) is 0 Å². The van der Waals surface area contributed by atoms with Crippen molar-refractivity contribution in [3.8, 4) is 17.2 Å². The highest BCUT2D eigenvalue weighted by Crippen LogP contribution is 2.38. The maximum Gasteiger partial charge on any atom is 0.309 e. The summed E-state index contributed by atoms with van der Waals surface area (Å²) in [6.45, 7) is 0. The van der Waals surface area contributed by atoms with Crippen molar-refractivity contribution in [1.82, 2.24) is 0 Å². The molecule has 0 saturated heterocycles. The second-order valence-electron chi connectivity index (χ2n) is 5.32. The highest BCUT2D eigenvalue weighted by molar-refractivity contribution is 6.05. The van der Waals surface area contributed by atoms with E-state index in [0.29, 0.717) is 28.5 Å². The van der Waals surface area contributed by atoms with Crippen molar-refractivity contribution in [3.05, 3.63) is 47.5 Å². The topological polar surface area (TPSA) is 83.1 Å². The summed E-state index contributed by atoms with van der Waals surface area (Å²) in [6, 6.07) is 10.1. The fourth-order valence-corrected chi connectivity index (χ4v) is 2.36. The molecule has 0 saturated carbocycles. The van der Waals surface area contributed by atoms with E-state index >= 15 is 0 Å². The van der Waals surface area contributed by atoms with Crippen LogP contribution >= 0.6 is 0 Å². The predicted octanol–water partition coefficient (Wildman–Crippen LogP) is 2.68. The quantitative estimate of drug-likeness (QED) is 0.766. The predicted molar refractivity (Wildman–Crippen MR) is 96.2 cm³/mol. The van der Waals surface area contributed by atoms with Crippen molar-refractivity contribution in [2.75, 3.05) is 33.8 Å². The Bertz CT molecular complexity index is 760. The third-order valence-electron chi connectivity index (χ3n) is 3.71. The first-order valence-corrected chi connectivity index (χ1v) is 7.79. The van der Waals surface area contributed by atoms with Crippen LogP contribution in [0, 0.1) is 0 Å². The Balaban J connectivity index is 2.18. The normalized spacial score (nSPS) is 10.0. The molecule has 0 aliphatic rings. The number of hydrogen-bond donors (Lipinski definition) is 1. The molecule has 0 aromatic heterocycles. The van der Waals surface area contributed by atoms with E-state index in [9.17, 15) is 9.59 Å². The summed E-state index contributed by atoms with van der Waals surface area (Å²) in [4.78, 5) is 23.8. The Morgan fingerprint density at radius 2 is 1.46 bits per heavy atom. The van der Waals surface area contributed by atoms with Crippen molar-refractivity contribution >= 4 is 17.6 Å². The molecule has 0 fully saturated rings. The lowest BCUT2D eigenvalue weighted by molar-refractivity contribution is -0.139. The zero-order valence-corrected chi connectivity index (χ0v) is 15.1. The molecule has 138 valence electrons. The second kappa shape index (κ2) is 8.75. The van der Waals surface area contributed by atoms with Crippen LogP contribution in [0.25, 0.3) is 0 Å². The number of nitrogens with one attached hydrogen (secondary N) is 1. The van der Waals surface area contributed by atoms with E-state index < -0.39 is 0 Å². The number of anilines is 1. The van der Waals surface area contributed by atoms with E-state index in [1.165, 1.54) is 28.4 Å². The lowest BCUT2D eigenvalue weighted by Crippen LogP contribution is -2.13. The summed E-state index contributed by atoms with van der Waals surface area (Å²) >= 11 is 0. The molecule has 0 aliphatic heterocycles. The average molecular weight is 359 g/mol. The molecular weight excluding hydrogens is 338 g/mol. The van der Waals surface area contributed by atoms with Crippen LogP contribution in [0.4, 0.5) is 5.69 Å². The van der Waals surface area contributed by atoms with Crippen molar-refractivity contribution in [1.29, 1.82) is 0 Å². The fourth-order valence-electron chi connectivity index (χ4n) is 2.36. The van der Waals surface area contributed by atoms with E-state index in [1.807, 2.05) is 0 Å². The SMILES string of the molecule is COC(=O)Cc1ccc(NC(=O)c2cc(OC)c(OC)c(OC)c2)cc1. The molecule has 0 spiro atoms. The lowest BCUT2D eigenvalue weighted by Gasteiger charge is -2.14. The number of amides is 1. The molecule has 26 heavy (non-hydrogen) atoms. The molecule has 7 heteroatoms. The molecule has 2 rings (SSSR count). The first-order valence-electron chi connectivity index (χ1n) is 7.79. The number of ether oxygens (including phenoxy) is 4. The summed E-state index contributed by atoms with van der Waals surface area (Å²) in [5.41, 5.74) is 1.75. The zero-order valence-electron chi connectivity index (χ0n) is 15.1. The first-order chi connectivity index (χ1) is 12.5. The summed E-state index contributed by atoms with van der Waals surface area (Å²) in [5.74, 6) is 0.554. The highest BCUT2D eigenvalue weighted by Gasteiger charge is 2.17. The average Bonchev–Trinajstić information content (AvgIpc) is 2.67. The molecule has 0 aliphatic carbocycles. The van der Waals surface area contributed by atoms with E-state index in [4.69, 9.17) is 14.2 Å². The van der Waals surface area contributed by atoms with Gasteiger partial charge >= 0.3 is 5.97 Å². The second-order valence-corrected chi connectivity index (χ2v) is 5.32. The van der Waals surface area contributed by atoms with Gasteiger partial charge in [-0.15, -0.1) is 0 Å². The molecular formula is C19H21NO6. The van der Waals surface area contributed by atoms with Gasteiger partial charge in [0, 0.05) is 11.3 Å². The van der Waals surface area contributed by atoms with Gasteiger partial charge in [-0.25, -0.2) is 0 Å². The summed E-state index contributed by atoms with van der Waals surface area (Å²) in [6.07, 6.45) is 0.178. The largest absolute Gasteiger partial charge is 0.493 e. The fraction of sp³-hybridized carbons (Fsp3) is 0.263. The van der Waals surface area contributed by atoms with Gasteiger partial charge in [-0.3, -0.25) is 9.59 Å². The van der Waals surface area contributed by atoms with Crippen molar-refractivity contribution in [2.24, 2.45) is 0 Å². The van der Waals surface area contributed by atoms with Crippen LogP contribution in [0.3, 0.4) is 0 Å². The molecule has 1 N–H and O–H groups in total. The van der Waals surface area contributed by atoms with Crippen LogP contribution in [0.15, 0.2) is 36.4 Å². The molecule has 0 unspecified atom stereocenters. The van der Waals surface area contributed by atoms with Gasteiger partial charge in [-0.05, 0) is 29.8 Å². The van der Waals surface area contributed by atoms with E-state index in [-0.39, 0.29) is 18.3 Å². The number of carbonyl (C=O) groups excluding carboxylic acids is 2. The standard InChI is InChI=1S/C19H21NO6/c1-23-15-10-13(11-16(24-2)18(15)26-4)19(22)20-14-7-5-12(6-8-14)9-17(21)25-3/h5-8,10-11H,9H2,1-4H3,(H,20,22). The molecule has 7 nitrogen and oxygen atoms in total. The van der Waals surface area contributed by atoms with Gasteiger partial charge in [0.05, 0.1) is 34.9 Å². The van der Waals surface area contributed by atoms with E-state index in [2.05, 4.69) is 10.1 Å². The van der Waals surface area contributed by atoms with E-state index in [0.717, 1.165) is 5.56 Å². The third kappa shape index (κ3) is 4.44. The van der Waals surface area contributed by atoms with Gasteiger partial charge in [0.15, 0.2) is 11.5 Å². The minimum absolute atomic E-state index is 0.178. The van der Waals surface area contributed by atoms with Gasteiger partial charge < -0.3 is 24.3 Å². The highest BCUT2D eigenvalue weighted by atomic mass is 16.5. The number of benzene rings is 2. The minimum Gasteiger partial charge on any atom is -0.493 e. The number of methoxy groups -OCH3 is 4. The van der Waals surface area contributed by atoms with Crippen LogP contribution in [-0.2, 0) is 16.0 Å². The number of esters is 1. The van der Waals surface area contributed by atoms with Gasteiger partial charge in [-0.1, -0.05) is 12.1 Å². The lowest BCUT2D eigenvalue weighted by atomic mass is 10.1. The molecule has 0 atom stereocenters. The monoisotopic (exact) mass is 359 g/mol. The Labute approximate surface area is 151 Å². The Morgan fingerprint density at radius 3 is 1.92 bits per heavy atom. The number of hydrogen-bond acceptors (Lipinski definition) is 6. The number of rotatable bonds is 7. The molecule has 0 radical (unpaired) electrons. The third-order valence-corrected chi connectivity index (χ3v) is 3.71. The maximum absolute atomic E-state index is 12.5. The summed E-state index contributed by atoms with van der Waals surface area (Å²) < 4.78 is 20.4. The van der Waals surface area contributed by atoms with Crippen LogP contribution in [0.5, 0.6) is 17.2 Å². The van der Waals surface area contributed by atoms with Gasteiger partial charge in [0.2, 0.25) is 5.75 Å². The van der Waals surface area contributed by atoms with Crippen molar-refractivity contribution in [2.45, 2.75) is 6.42 Å². The first kappa shape index (κ1) is 19.1. The van der Waals surface area contributed by atoms with Gasteiger partial charge in [-0.2, -0.15) is 0 Å². The zero-order chi connectivity index (χ0) is 19.1.